The maximum atomic E-state index is 11.9. The first-order valence-electron chi connectivity index (χ1n) is 13.2. The van der Waals surface area contributed by atoms with Gasteiger partial charge in [-0.3, -0.25) is 9.59 Å². The lowest BCUT2D eigenvalue weighted by molar-refractivity contribution is -0.111. The van der Waals surface area contributed by atoms with Crippen molar-refractivity contribution in [2.75, 3.05) is 27.9 Å². The molecule has 2 aliphatic rings. The number of benzene rings is 4. The Hall–Kier alpha value is -5.18. The van der Waals surface area contributed by atoms with E-state index in [1.807, 2.05) is 97.1 Å². The maximum absolute atomic E-state index is 11.9. The van der Waals surface area contributed by atoms with Crippen LogP contribution in [0.1, 0.15) is 22.3 Å². The van der Waals surface area contributed by atoms with E-state index in [-0.39, 0.29) is 25.0 Å². The molecule has 0 fully saturated rings. The Morgan fingerprint density at radius 2 is 1.02 bits per heavy atom. The van der Waals surface area contributed by atoms with Gasteiger partial charge in [-0.25, -0.2) is 0 Å². The van der Waals surface area contributed by atoms with Crippen LogP contribution in [0.5, 0.6) is 0 Å². The highest BCUT2D eigenvalue weighted by Crippen LogP contribution is 2.32. The summed E-state index contributed by atoms with van der Waals surface area (Å²) in [4.78, 5) is 23.8. The lowest BCUT2D eigenvalue weighted by Gasteiger charge is -2.04. The number of nitrogens with one attached hydrogen (secondary N) is 4. The first kappa shape index (κ1) is 27.4. The number of amides is 2. The number of para-hydroxylation sites is 2. The normalized spacial score (nSPS) is 15.0. The summed E-state index contributed by atoms with van der Waals surface area (Å²) in [5, 5.41) is 29.8. The number of aliphatic hydroxyl groups is 2. The van der Waals surface area contributed by atoms with Crippen molar-refractivity contribution in [1.29, 1.82) is 0 Å². The van der Waals surface area contributed by atoms with Crippen LogP contribution >= 0.6 is 0 Å². The van der Waals surface area contributed by atoms with Gasteiger partial charge in [-0.2, -0.15) is 0 Å². The molecule has 6 N–H and O–H groups in total. The van der Waals surface area contributed by atoms with Gasteiger partial charge in [0, 0.05) is 52.9 Å². The molecule has 206 valence electrons. The molecule has 0 atom stereocenters. The van der Waals surface area contributed by atoms with Crippen molar-refractivity contribution in [1.82, 2.24) is 0 Å². The molecule has 0 radical (unpaired) electrons. The van der Waals surface area contributed by atoms with E-state index >= 15 is 0 Å². The average molecular weight is 547 g/mol. The number of fused-ring (bicyclic) bond motifs is 2. The Labute approximate surface area is 238 Å². The molecule has 41 heavy (non-hydrogen) atoms. The van der Waals surface area contributed by atoms with Gasteiger partial charge in [-0.15, -0.1) is 0 Å². The van der Waals surface area contributed by atoms with Crippen LogP contribution in [0.25, 0.3) is 11.1 Å². The van der Waals surface area contributed by atoms with Gasteiger partial charge >= 0.3 is 0 Å². The fourth-order valence-corrected chi connectivity index (χ4v) is 4.48. The highest BCUT2D eigenvalue weighted by atomic mass is 16.3. The SMILES string of the molecule is O=C1Nc2ccccc2C1=CNc1ccc(CCO)cc1.O=C1Nc2ccccc2C1=CNc1ccc(CO)cc1. The summed E-state index contributed by atoms with van der Waals surface area (Å²) in [5.41, 5.74) is 8.44. The third kappa shape index (κ3) is 6.52. The highest BCUT2D eigenvalue weighted by Gasteiger charge is 2.24. The minimum absolute atomic E-state index is 0.0250. The van der Waals surface area contributed by atoms with E-state index < -0.39 is 0 Å². The molecular weight excluding hydrogens is 516 g/mol. The minimum Gasteiger partial charge on any atom is -0.396 e. The van der Waals surface area contributed by atoms with E-state index in [0.717, 1.165) is 45.0 Å². The zero-order valence-electron chi connectivity index (χ0n) is 22.2. The van der Waals surface area contributed by atoms with Crippen molar-refractivity contribution >= 4 is 45.7 Å². The van der Waals surface area contributed by atoms with Crippen molar-refractivity contribution < 1.29 is 19.8 Å². The molecule has 0 aliphatic carbocycles. The van der Waals surface area contributed by atoms with Gasteiger partial charge in [0.2, 0.25) is 0 Å². The van der Waals surface area contributed by atoms with Crippen molar-refractivity contribution in [2.24, 2.45) is 0 Å². The van der Waals surface area contributed by atoms with E-state index in [1.165, 1.54) is 0 Å². The second-order valence-electron chi connectivity index (χ2n) is 9.43. The van der Waals surface area contributed by atoms with Gasteiger partial charge in [0.05, 0.1) is 17.8 Å². The molecule has 6 rings (SSSR count). The Kier molecular flexibility index (Phi) is 8.54. The summed E-state index contributed by atoms with van der Waals surface area (Å²) in [5.74, 6) is -0.203. The number of carbonyl (C=O) groups is 2. The fourth-order valence-electron chi connectivity index (χ4n) is 4.48. The van der Waals surface area contributed by atoms with Crippen LogP contribution in [0, 0.1) is 0 Å². The molecule has 0 unspecified atom stereocenters. The van der Waals surface area contributed by atoms with E-state index in [4.69, 9.17) is 10.2 Å². The van der Waals surface area contributed by atoms with Crippen molar-refractivity contribution in [3.63, 3.8) is 0 Å². The number of hydrogen-bond acceptors (Lipinski definition) is 6. The molecule has 8 nitrogen and oxygen atoms in total. The van der Waals surface area contributed by atoms with Gasteiger partial charge in [0.1, 0.15) is 0 Å². The van der Waals surface area contributed by atoms with Gasteiger partial charge in [0.25, 0.3) is 11.8 Å². The summed E-state index contributed by atoms with van der Waals surface area (Å²) >= 11 is 0. The molecule has 0 spiro atoms. The topological polar surface area (TPSA) is 123 Å². The third-order valence-corrected chi connectivity index (χ3v) is 6.68. The van der Waals surface area contributed by atoms with Crippen molar-refractivity contribution in [3.8, 4) is 0 Å². The lowest BCUT2D eigenvalue weighted by atomic mass is 10.1. The van der Waals surface area contributed by atoms with Crippen molar-refractivity contribution in [3.05, 3.63) is 132 Å². The molecule has 2 amide bonds. The standard InChI is InChI=1S/C17H16N2O2.C16H14N2O2/c20-10-9-12-5-7-13(8-6-12)18-11-15-14-3-1-2-4-16(14)19-17(15)21;19-10-11-5-7-12(8-6-11)17-9-14-13-3-1-2-4-15(13)18-16(14)20/h1-8,11,18,20H,9-10H2,(H,19,21);1-9,17,19H,10H2,(H,18,20). The molecule has 0 aromatic heterocycles. The molecule has 0 bridgehead atoms. The van der Waals surface area contributed by atoms with E-state index in [2.05, 4.69) is 21.3 Å². The molecule has 2 heterocycles. The number of carbonyl (C=O) groups excluding carboxylic acids is 2. The highest BCUT2D eigenvalue weighted by molar-refractivity contribution is 6.32. The van der Waals surface area contributed by atoms with Crippen LogP contribution in [0.4, 0.5) is 22.7 Å². The number of anilines is 4. The number of aliphatic hydroxyl groups excluding tert-OH is 2. The molecule has 4 aromatic carbocycles. The van der Waals surface area contributed by atoms with Crippen LogP contribution in [-0.2, 0) is 22.6 Å². The summed E-state index contributed by atoms with van der Waals surface area (Å²) in [6, 6.07) is 30.4. The zero-order chi connectivity index (χ0) is 28.6. The summed E-state index contributed by atoms with van der Waals surface area (Å²) in [6.07, 6.45) is 4.08. The Morgan fingerprint density at radius 3 is 1.46 bits per heavy atom. The van der Waals surface area contributed by atoms with Crippen LogP contribution in [-0.4, -0.2) is 28.6 Å². The van der Waals surface area contributed by atoms with E-state index in [1.54, 1.807) is 12.4 Å². The predicted molar refractivity (Wildman–Crippen MR) is 163 cm³/mol. The van der Waals surface area contributed by atoms with Gasteiger partial charge in [0.15, 0.2) is 0 Å². The second-order valence-corrected chi connectivity index (χ2v) is 9.43. The molecule has 0 saturated carbocycles. The largest absolute Gasteiger partial charge is 0.396 e. The fraction of sp³-hybridized carbons (Fsp3) is 0.0909. The lowest BCUT2D eigenvalue weighted by Crippen LogP contribution is -2.05. The summed E-state index contributed by atoms with van der Waals surface area (Å²) in [7, 11) is 0. The van der Waals surface area contributed by atoms with Crippen LogP contribution in [0.15, 0.2) is 109 Å². The number of rotatable bonds is 7. The summed E-state index contributed by atoms with van der Waals surface area (Å²) in [6.45, 7) is 0.172. The Bertz CT molecular complexity index is 1610. The number of hydrogen-bond donors (Lipinski definition) is 6. The molecule has 2 aliphatic heterocycles. The van der Waals surface area contributed by atoms with Crippen LogP contribution < -0.4 is 21.3 Å². The van der Waals surface area contributed by atoms with Gasteiger partial charge in [-0.1, -0.05) is 60.7 Å². The molecule has 0 saturated heterocycles. The van der Waals surface area contributed by atoms with Gasteiger partial charge in [-0.05, 0) is 53.9 Å². The smallest absolute Gasteiger partial charge is 0.257 e. The Balaban J connectivity index is 0.000000165. The third-order valence-electron chi connectivity index (χ3n) is 6.68. The maximum Gasteiger partial charge on any atom is 0.257 e. The molecule has 4 aromatic rings. The Morgan fingerprint density at radius 1 is 0.585 bits per heavy atom. The van der Waals surface area contributed by atoms with Crippen molar-refractivity contribution in [2.45, 2.75) is 13.0 Å². The quantitative estimate of drug-likeness (QED) is 0.177. The predicted octanol–water partition coefficient (Wildman–Crippen LogP) is 5.21. The molecular formula is C33H30N4O4. The zero-order valence-corrected chi connectivity index (χ0v) is 22.2. The second kappa shape index (κ2) is 12.8. The average Bonchev–Trinajstić information content (AvgIpc) is 3.50. The van der Waals surface area contributed by atoms with E-state index in [0.29, 0.717) is 17.6 Å². The van der Waals surface area contributed by atoms with Crippen LogP contribution in [0.3, 0.4) is 0 Å². The molecule has 8 heteroatoms. The minimum atomic E-state index is -0.106. The van der Waals surface area contributed by atoms with Crippen LogP contribution in [0.2, 0.25) is 0 Å². The summed E-state index contributed by atoms with van der Waals surface area (Å²) < 4.78 is 0. The first-order chi connectivity index (χ1) is 20.1. The van der Waals surface area contributed by atoms with Gasteiger partial charge < -0.3 is 31.5 Å². The van der Waals surface area contributed by atoms with E-state index in [9.17, 15) is 9.59 Å². The monoisotopic (exact) mass is 546 g/mol. The first-order valence-corrected chi connectivity index (χ1v) is 13.2.